The Hall–Kier alpha value is -2.01. The zero-order chi connectivity index (χ0) is 13.9. The molecule has 0 radical (unpaired) electrons. The van der Waals surface area contributed by atoms with Crippen LogP contribution in [-0.4, -0.2) is 20.3 Å². The molecule has 1 aliphatic heterocycles. The number of rotatable bonds is 3. The van der Waals surface area contributed by atoms with E-state index in [-0.39, 0.29) is 0 Å². The minimum Gasteiger partial charge on any atom is -0.497 e. The Kier molecular flexibility index (Phi) is 3.60. The van der Waals surface area contributed by atoms with E-state index in [1.54, 1.807) is 18.9 Å². The van der Waals surface area contributed by atoms with Crippen LogP contribution in [0.1, 0.15) is 0 Å². The predicted molar refractivity (Wildman–Crippen MR) is 79.0 cm³/mol. The third kappa shape index (κ3) is 2.63. The second-order valence-electron chi connectivity index (χ2n) is 4.31. The number of methoxy groups -OCH3 is 1. The molecule has 2 aromatic rings. The van der Waals surface area contributed by atoms with Gasteiger partial charge in [-0.1, -0.05) is 11.8 Å². The lowest BCUT2D eigenvalue weighted by atomic mass is 10.3. The molecule has 5 heteroatoms. The van der Waals surface area contributed by atoms with Gasteiger partial charge < -0.3 is 19.9 Å². The molecule has 1 aliphatic rings. The van der Waals surface area contributed by atoms with E-state index in [1.165, 1.54) is 0 Å². The van der Waals surface area contributed by atoms with Gasteiger partial charge in [0.15, 0.2) is 11.5 Å². The predicted octanol–water partition coefficient (Wildman–Crippen LogP) is 3.20. The molecule has 0 amide bonds. The number of ether oxygens (including phenoxy) is 3. The van der Waals surface area contributed by atoms with Gasteiger partial charge in [-0.15, -0.1) is 0 Å². The molecule has 2 aromatic carbocycles. The average Bonchev–Trinajstić information content (AvgIpc) is 2.49. The molecule has 20 heavy (non-hydrogen) atoms. The molecular formula is C15H15NO3S. The Labute approximate surface area is 121 Å². The summed E-state index contributed by atoms with van der Waals surface area (Å²) < 4.78 is 16.2. The lowest BCUT2D eigenvalue weighted by Crippen LogP contribution is -2.15. The van der Waals surface area contributed by atoms with E-state index in [0.717, 1.165) is 27.0 Å². The van der Waals surface area contributed by atoms with Crippen LogP contribution in [0.3, 0.4) is 0 Å². The first-order valence-corrected chi connectivity index (χ1v) is 7.09. The van der Waals surface area contributed by atoms with Crippen LogP contribution in [0.25, 0.3) is 0 Å². The minimum absolute atomic E-state index is 0.589. The number of hydrogen-bond donors (Lipinski definition) is 1. The highest BCUT2D eigenvalue weighted by atomic mass is 32.2. The number of anilines is 1. The molecule has 4 nitrogen and oxygen atoms in total. The molecule has 3 rings (SSSR count). The van der Waals surface area contributed by atoms with E-state index >= 15 is 0 Å². The maximum Gasteiger partial charge on any atom is 0.162 e. The molecular weight excluding hydrogens is 274 g/mol. The van der Waals surface area contributed by atoms with Crippen LogP contribution in [0.2, 0.25) is 0 Å². The monoisotopic (exact) mass is 289 g/mol. The van der Waals surface area contributed by atoms with Crippen LogP contribution < -0.4 is 19.9 Å². The van der Waals surface area contributed by atoms with Crippen molar-refractivity contribution >= 4 is 17.4 Å². The fourth-order valence-corrected chi connectivity index (χ4v) is 2.83. The lowest BCUT2D eigenvalue weighted by Gasteiger charge is -2.18. The van der Waals surface area contributed by atoms with Crippen molar-refractivity contribution in [1.29, 1.82) is 0 Å². The topological polar surface area (TPSA) is 53.7 Å². The van der Waals surface area contributed by atoms with E-state index in [2.05, 4.69) is 0 Å². The Balaban J connectivity index is 1.84. The molecule has 0 atom stereocenters. The summed E-state index contributed by atoms with van der Waals surface area (Å²) in [6.45, 7) is 1.19. The molecule has 0 aliphatic carbocycles. The van der Waals surface area contributed by atoms with E-state index in [4.69, 9.17) is 19.9 Å². The van der Waals surface area contributed by atoms with Gasteiger partial charge >= 0.3 is 0 Å². The van der Waals surface area contributed by atoms with Crippen molar-refractivity contribution in [1.82, 2.24) is 0 Å². The zero-order valence-corrected chi connectivity index (χ0v) is 11.9. The Morgan fingerprint density at radius 3 is 2.60 bits per heavy atom. The fourth-order valence-electron chi connectivity index (χ4n) is 1.96. The number of hydrogen-bond acceptors (Lipinski definition) is 5. The standard InChI is InChI=1S/C15H15NO3S/c1-17-10-2-5-15(12(16)8-10)20-11-3-4-13-14(9-11)19-7-6-18-13/h2-5,8-9H,6-7,16H2,1H3. The SMILES string of the molecule is COc1ccc(Sc2ccc3c(c2)OCCO3)c(N)c1. The molecule has 0 bridgehead atoms. The summed E-state index contributed by atoms with van der Waals surface area (Å²) >= 11 is 1.59. The van der Waals surface area contributed by atoms with Crippen LogP contribution in [-0.2, 0) is 0 Å². The smallest absolute Gasteiger partial charge is 0.162 e. The summed E-state index contributed by atoms with van der Waals surface area (Å²) in [5.41, 5.74) is 6.72. The summed E-state index contributed by atoms with van der Waals surface area (Å²) in [7, 11) is 1.63. The lowest BCUT2D eigenvalue weighted by molar-refractivity contribution is 0.171. The highest BCUT2D eigenvalue weighted by Gasteiger charge is 2.12. The molecule has 0 saturated heterocycles. The van der Waals surface area contributed by atoms with Crippen molar-refractivity contribution in [3.8, 4) is 17.2 Å². The number of fused-ring (bicyclic) bond motifs is 1. The number of nitrogen functional groups attached to an aromatic ring is 1. The van der Waals surface area contributed by atoms with E-state index < -0.39 is 0 Å². The summed E-state index contributed by atoms with van der Waals surface area (Å²) in [6.07, 6.45) is 0. The van der Waals surface area contributed by atoms with E-state index in [9.17, 15) is 0 Å². The molecule has 0 aromatic heterocycles. The first-order chi connectivity index (χ1) is 9.76. The van der Waals surface area contributed by atoms with E-state index in [0.29, 0.717) is 18.9 Å². The average molecular weight is 289 g/mol. The van der Waals surface area contributed by atoms with Gasteiger partial charge in [0.25, 0.3) is 0 Å². The van der Waals surface area contributed by atoms with Crippen molar-refractivity contribution in [2.24, 2.45) is 0 Å². The molecule has 0 fully saturated rings. The molecule has 0 unspecified atom stereocenters. The molecule has 2 N–H and O–H groups in total. The second-order valence-corrected chi connectivity index (χ2v) is 5.43. The molecule has 0 saturated carbocycles. The van der Waals surface area contributed by atoms with Crippen LogP contribution in [0.5, 0.6) is 17.2 Å². The van der Waals surface area contributed by atoms with Gasteiger partial charge in [-0.2, -0.15) is 0 Å². The first kappa shape index (κ1) is 13.0. The summed E-state index contributed by atoms with van der Waals surface area (Å²) in [6, 6.07) is 11.6. The van der Waals surface area contributed by atoms with Crippen molar-refractivity contribution in [3.63, 3.8) is 0 Å². The second kappa shape index (κ2) is 5.54. The largest absolute Gasteiger partial charge is 0.497 e. The molecule has 1 heterocycles. The Morgan fingerprint density at radius 2 is 1.85 bits per heavy atom. The highest BCUT2D eigenvalue weighted by Crippen LogP contribution is 2.39. The van der Waals surface area contributed by atoms with Crippen LogP contribution >= 0.6 is 11.8 Å². The van der Waals surface area contributed by atoms with Gasteiger partial charge in [0.2, 0.25) is 0 Å². The highest BCUT2D eigenvalue weighted by molar-refractivity contribution is 7.99. The van der Waals surface area contributed by atoms with Crippen molar-refractivity contribution in [2.75, 3.05) is 26.1 Å². The van der Waals surface area contributed by atoms with Gasteiger partial charge in [0.1, 0.15) is 19.0 Å². The summed E-state index contributed by atoms with van der Waals surface area (Å²) in [4.78, 5) is 2.05. The van der Waals surface area contributed by atoms with Crippen LogP contribution in [0, 0.1) is 0 Å². The maximum atomic E-state index is 6.03. The summed E-state index contributed by atoms with van der Waals surface area (Å²) in [5, 5.41) is 0. The van der Waals surface area contributed by atoms with Crippen molar-refractivity contribution in [2.45, 2.75) is 9.79 Å². The first-order valence-electron chi connectivity index (χ1n) is 6.27. The van der Waals surface area contributed by atoms with Crippen LogP contribution in [0.15, 0.2) is 46.2 Å². The van der Waals surface area contributed by atoms with Gasteiger partial charge in [0, 0.05) is 21.5 Å². The van der Waals surface area contributed by atoms with Gasteiger partial charge in [-0.25, -0.2) is 0 Å². The van der Waals surface area contributed by atoms with Gasteiger partial charge in [-0.3, -0.25) is 0 Å². The number of nitrogens with two attached hydrogens (primary N) is 1. The molecule has 104 valence electrons. The normalized spacial score (nSPS) is 13.1. The Morgan fingerprint density at radius 1 is 1.05 bits per heavy atom. The van der Waals surface area contributed by atoms with Crippen molar-refractivity contribution < 1.29 is 14.2 Å². The van der Waals surface area contributed by atoms with Crippen LogP contribution in [0.4, 0.5) is 5.69 Å². The van der Waals surface area contributed by atoms with Crippen molar-refractivity contribution in [3.05, 3.63) is 36.4 Å². The molecule has 0 spiro atoms. The fraction of sp³-hybridized carbons (Fsp3) is 0.200. The van der Waals surface area contributed by atoms with Gasteiger partial charge in [0.05, 0.1) is 7.11 Å². The zero-order valence-electron chi connectivity index (χ0n) is 11.1. The third-order valence-electron chi connectivity index (χ3n) is 2.96. The quantitative estimate of drug-likeness (QED) is 0.879. The maximum absolute atomic E-state index is 6.03. The number of benzene rings is 2. The Bertz CT molecular complexity index is 631. The summed E-state index contributed by atoms with van der Waals surface area (Å²) in [5.74, 6) is 2.34. The van der Waals surface area contributed by atoms with Gasteiger partial charge in [-0.05, 0) is 30.3 Å². The van der Waals surface area contributed by atoms with E-state index in [1.807, 2.05) is 36.4 Å². The minimum atomic E-state index is 0.589. The third-order valence-corrected chi connectivity index (χ3v) is 4.04.